The number of carbonyl (C=O) groups is 1. The first-order valence-corrected chi connectivity index (χ1v) is 8.11. The molecule has 0 radical (unpaired) electrons. The SMILES string of the molecule is Cc1ccc(N)cc1NC(=O)CCN(CCO)Cc1ccccc1. The lowest BCUT2D eigenvalue weighted by molar-refractivity contribution is -0.116. The molecule has 0 heterocycles. The van der Waals surface area contributed by atoms with Crippen LogP contribution in [-0.4, -0.2) is 35.6 Å². The van der Waals surface area contributed by atoms with E-state index in [1.165, 1.54) is 0 Å². The molecule has 0 spiro atoms. The summed E-state index contributed by atoms with van der Waals surface area (Å²) in [5.74, 6) is -0.0558. The van der Waals surface area contributed by atoms with Crippen LogP contribution in [-0.2, 0) is 11.3 Å². The van der Waals surface area contributed by atoms with Gasteiger partial charge in [0, 0.05) is 37.4 Å². The van der Waals surface area contributed by atoms with Gasteiger partial charge in [0.05, 0.1) is 6.61 Å². The summed E-state index contributed by atoms with van der Waals surface area (Å²) in [6.07, 6.45) is 0.362. The fraction of sp³-hybridized carbons (Fsp3) is 0.316. The maximum absolute atomic E-state index is 12.2. The van der Waals surface area contributed by atoms with E-state index in [-0.39, 0.29) is 12.5 Å². The number of hydrogen-bond donors (Lipinski definition) is 3. The molecule has 5 nitrogen and oxygen atoms in total. The molecule has 0 fully saturated rings. The average Bonchev–Trinajstić information content (AvgIpc) is 2.57. The molecule has 0 unspecified atom stereocenters. The van der Waals surface area contributed by atoms with Crippen LogP contribution in [0, 0.1) is 6.92 Å². The van der Waals surface area contributed by atoms with Crippen molar-refractivity contribution in [3.05, 3.63) is 59.7 Å². The molecule has 0 atom stereocenters. The molecular weight excluding hydrogens is 302 g/mol. The number of nitrogens with one attached hydrogen (secondary N) is 1. The second-order valence-electron chi connectivity index (χ2n) is 5.86. The normalized spacial score (nSPS) is 10.8. The summed E-state index contributed by atoms with van der Waals surface area (Å²) < 4.78 is 0. The number of nitrogen functional groups attached to an aromatic ring is 1. The number of hydrogen-bond acceptors (Lipinski definition) is 4. The van der Waals surface area contributed by atoms with Crippen molar-refractivity contribution in [2.45, 2.75) is 19.9 Å². The molecular formula is C19H25N3O2. The number of aliphatic hydroxyl groups is 1. The Bertz CT molecular complexity index is 659. The van der Waals surface area contributed by atoms with Crippen LogP contribution in [0.1, 0.15) is 17.5 Å². The van der Waals surface area contributed by atoms with Gasteiger partial charge >= 0.3 is 0 Å². The molecule has 2 aromatic carbocycles. The Balaban J connectivity index is 1.88. The first-order chi connectivity index (χ1) is 11.6. The summed E-state index contributed by atoms with van der Waals surface area (Å²) in [7, 11) is 0. The molecule has 0 saturated heterocycles. The van der Waals surface area contributed by atoms with Crippen LogP contribution in [0.15, 0.2) is 48.5 Å². The predicted octanol–water partition coefficient (Wildman–Crippen LogP) is 2.40. The maximum atomic E-state index is 12.2. The summed E-state index contributed by atoms with van der Waals surface area (Å²) in [5, 5.41) is 12.1. The van der Waals surface area contributed by atoms with Gasteiger partial charge in [-0.05, 0) is 30.2 Å². The third-order valence-electron chi connectivity index (χ3n) is 3.86. The molecule has 1 amide bonds. The second-order valence-corrected chi connectivity index (χ2v) is 5.86. The lowest BCUT2D eigenvalue weighted by Gasteiger charge is -2.21. The topological polar surface area (TPSA) is 78.6 Å². The summed E-state index contributed by atoms with van der Waals surface area (Å²) in [4.78, 5) is 14.3. The van der Waals surface area contributed by atoms with E-state index < -0.39 is 0 Å². The van der Waals surface area contributed by atoms with E-state index >= 15 is 0 Å². The number of anilines is 2. The fourth-order valence-electron chi connectivity index (χ4n) is 2.50. The Kier molecular flexibility index (Phi) is 6.78. The van der Waals surface area contributed by atoms with Crippen LogP contribution in [0.3, 0.4) is 0 Å². The van der Waals surface area contributed by atoms with Crippen molar-refractivity contribution in [2.24, 2.45) is 0 Å². The zero-order chi connectivity index (χ0) is 17.4. The zero-order valence-electron chi connectivity index (χ0n) is 14.0. The van der Waals surface area contributed by atoms with Gasteiger partial charge in [0.2, 0.25) is 5.91 Å². The van der Waals surface area contributed by atoms with Gasteiger partial charge in [0.1, 0.15) is 0 Å². The molecule has 2 aromatic rings. The molecule has 4 N–H and O–H groups in total. The molecule has 0 aliphatic heterocycles. The Labute approximate surface area is 143 Å². The Hall–Kier alpha value is -2.37. The van der Waals surface area contributed by atoms with Crippen LogP contribution in [0.4, 0.5) is 11.4 Å². The molecule has 0 bridgehead atoms. The second kappa shape index (κ2) is 9.05. The molecule has 24 heavy (non-hydrogen) atoms. The Morgan fingerprint density at radius 2 is 1.92 bits per heavy atom. The number of carbonyl (C=O) groups excluding carboxylic acids is 1. The summed E-state index contributed by atoms with van der Waals surface area (Å²) in [6.45, 7) is 3.85. The van der Waals surface area contributed by atoms with Crippen molar-refractivity contribution in [2.75, 3.05) is 30.7 Å². The lowest BCUT2D eigenvalue weighted by atomic mass is 10.1. The minimum absolute atomic E-state index is 0.0558. The highest BCUT2D eigenvalue weighted by molar-refractivity contribution is 5.92. The molecule has 2 rings (SSSR count). The quantitative estimate of drug-likeness (QED) is 0.651. The van der Waals surface area contributed by atoms with E-state index in [1.54, 1.807) is 6.07 Å². The van der Waals surface area contributed by atoms with E-state index in [2.05, 4.69) is 10.2 Å². The smallest absolute Gasteiger partial charge is 0.225 e. The van der Waals surface area contributed by atoms with Gasteiger partial charge in [-0.2, -0.15) is 0 Å². The van der Waals surface area contributed by atoms with E-state index in [0.29, 0.717) is 31.7 Å². The van der Waals surface area contributed by atoms with Gasteiger partial charge in [0.25, 0.3) is 0 Å². The molecule has 0 aromatic heterocycles. The molecule has 0 aliphatic rings. The van der Waals surface area contributed by atoms with Crippen molar-refractivity contribution in [1.29, 1.82) is 0 Å². The molecule has 0 saturated carbocycles. The minimum atomic E-state index is -0.0558. The average molecular weight is 327 g/mol. The van der Waals surface area contributed by atoms with Crippen molar-refractivity contribution in [1.82, 2.24) is 4.90 Å². The van der Waals surface area contributed by atoms with E-state index in [1.807, 2.05) is 49.4 Å². The number of amides is 1. The van der Waals surface area contributed by atoms with E-state index in [0.717, 1.165) is 16.8 Å². The monoisotopic (exact) mass is 327 g/mol. The number of nitrogens with two attached hydrogens (primary N) is 1. The van der Waals surface area contributed by atoms with Crippen molar-refractivity contribution in [3.8, 4) is 0 Å². The highest BCUT2D eigenvalue weighted by Crippen LogP contribution is 2.18. The minimum Gasteiger partial charge on any atom is -0.399 e. The fourth-order valence-corrected chi connectivity index (χ4v) is 2.50. The number of aryl methyl sites for hydroxylation is 1. The van der Waals surface area contributed by atoms with E-state index in [9.17, 15) is 9.90 Å². The van der Waals surface area contributed by atoms with Crippen LogP contribution < -0.4 is 11.1 Å². The highest BCUT2D eigenvalue weighted by atomic mass is 16.3. The first kappa shape index (κ1) is 18.0. The third kappa shape index (κ3) is 5.68. The zero-order valence-corrected chi connectivity index (χ0v) is 14.0. The third-order valence-corrected chi connectivity index (χ3v) is 3.86. The summed E-state index contributed by atoms with van der Waals surface area (Å²) >= 11 is 0. The van der Waals surface area contributed by atoms with Gasteiger partial charge in [-0.1, -0.05) is 36.4 Å². The van der Waals surface area contributed by atoms with Crippen LogP contribution in [0.5, 0.6) is 0 Å². The van der Waals surface area contributed by atoms with Gasteiger partial charge in [-0.25, -0.2) is 0 Å². The van der Waals surface area contributed by atoms with Gasteiger partial charge in [-0.3, -0.25) is 9.69 Å². The van der Waals surface area contributed by atoms with Crippen molar-refractivity contribution >= 4 is 17.3 Å². The lowest BCUT2D eigenvalue weighted by Crippen LogP contribution is -2.30. The largest absolute Gasteiger partial charge is 0.399 e. The standard InChI is InChI=1S/C19H25N3O2/c1-15-7-8-17(20)13-18(15)21-19(24)9-10-22(11-12-23)14-16-5-3-2-4-6-16/h2-8,13,23H,9-12,14,20H2,1H3,(H,21,24). The maximum Gasteiger partial charge on any atom is 0.225 e. The predicted molar refractivity (Wildman–Crippen MR) is 97.6 cm³/mol. The number of rotatable bonds is 8. The molecule has 0 aliphatic carbocycles. The van der Waals surface area contributed by atoms with E-state index in [4.69, 9.17) is 5.73 Å². The van der Waals surface area contributed by atoms with Crippen LogP contribution in [0.25, 0.3) is 0 Å². The number of nitrogens with zero attached hydrogens (tertiary/aromatic N) is 1. The Morgan fingerprint density at radius 3 is 2.62 bits per heavy atom. The molecule has 128 valence electrons. The van der Waals surface area contributed by atoms with Crippen LogP contribution >= 0.6 is 0 Å². The van der Waals surface area contributed by atoms with Crippen molar-refractivity contribution in [3.63, 3.8) is 0 Å². The van der Waals surface area contributed by atoms with Crippen molar-refractivity contribution < 1.29 is 9.90 Å². The first-order valence-electron chi connectivity index (χ1n) is 8.11. The Morgan fingerprint density at radius 1 is 1.17 bits per heavy atom. The van der Waals surface area contributed by atoms with Crippen LogP contribution in [0.2, 0.25) is 0 Å². The summed E-state index contributed by atoms with van der Waals surface area (Å²) in [6, 6.07) is 15.5. The number of aliphatic hydroxyl groups excluding tert-OH is 1. The molecule has 5 heteroatoms. The van der Waals surface area contributed by atoms with Gasteiger partial charge < -0.3 is 16.2 Å². The number of benzene rings is 2. The highest BCUT2D eigenvalue weighted by Gasteiger charge is 2.10. The van der Waals surface area contributed by atoms with Gasteiger partial charge in [0.15, 0.2) is 0 Å². The summed E-state index contributed by atoms with van der Waals surface area (Å²) in [5.41, 5.74) is 9.28. The van der Waals surface area contributed by atoms with Gasteiger partial charge in [-0.15, -0.1) is 0 Å².